The van der Waals surface area contributed by atoms with Gasteiger partial charge < -0.3 is 18.9 Å². The van der Waals surface area contributed by atoms with Crippen molar-refractivity contribution in [2.24, 2.45) is 0 Å². The summed E-state index contributed by atoms with van der Waals surface area (Å²) in [5.74, 6) is 1.54. The van der Waals surface area contributed by atoms with E-state index in [4.69, 9.17) is 24.0 Å². The SMILES string of the molecule is c1cc2c3cc1OCCCOCCOc1cncc(c1)-c3nn2C1CCCCO1. The van der Waals surface area contributed by atoms with Crippen LogP contribution in [0.25, 0.3) is 22.2 Å². The summed E-state index contributed by atoms with van der Waals surface area (Å²) in [6.07, 6.45) is 7.55. The minimum atomic E-state index is -0.0399. The summed E-state index contributed by atoms with van der Waals surface area (Å²) in [5, 5.41) is 5.98. The Hall–Kier alpha value is -2.64. The van der Waals surface area contributed by atoms with Crippen molar-refractivity contribution in [3.05, 3.63) is 36.7 Å². The summed E-state index contributed by atoms with van der Waals surface area (Å²) in [4.78, 5) is 4.37. The molecule has 4 heterocycles. The van der Waals surface area contributed by atoms with Crippen LogP contribution in [-0.2, 0) is 9.47 Å². The smallest absolute Gasteiger partial charge is 0.150 e. The molecule has 4 bridgehead atoms. The molecule has 3 aromatic rings. The van der Waals surface area contributed by atoms with E-state index in [0.29, 0.717) is 32.2 Å². The van der Waals surface area contributed by atoms with Gasteiger partial charge in [-0.15, -0.1) is 0 Å². The monoisotopic (exact) mass is 395 g/mol. The zero-order valence-corrected chi connectivity index (χ0v) is 16.4. The first-order valence-electron chi connectivity index (χ1n) is 10.3. The van der Waals surface area contributed by atoms with Gasteiger partial charge in [0.05, 0.1) is 24.9 Å². The van der Waals surface area contributed by atoms with Crippen molar-refractivity contribution in [2.75, 3.05) is 33.0 Å². The highest BCUT2D eigenvalue weighted by Crippen LogP contribution is 2.35. The lowest BCUT2D eigenvalue weighted by Crippen LogP contribution is -2.19. The van der Waals surface area contributed by atoms with Crippen LogP contribution in [-0.4, -0.2) is 47.8 Å². The molecule has 1 fully saturated rings. The molecule has 7 heteroatoms. The Morgan fingerprint density at radius 1 is 0.862 bits per heavy atom. The highest BCUT2D eigenvalue weighted by atomic mass is 16.5. The molecular formula is C22H25N3O4. The Labute approximate surface area is 169 Å². The van der Waals surface area contributed by atoms with Crippen LogP contribution in [0.2, 0.25) is 0 Å². The molecule has 29 heavy (non-hydrogen) atoms. The molecule has 2 aliphatic heterocycles. The molecule has 1 aromatic carbocycles. The van der Waals surface area contributed by atoms with Crippen molar-refractivity contribution >= 4 is 10.9 Å². The lowest BCUT2D eigenvalue weighted by molar-refractivity contribution is -0.0365. The van der Waals surface area contributed by atoms with E-state index < -0.39 is 0 Å². The fourth-order valence-corrected chi connectivity index (χ4v) is 3.86. The minimum absolute atomic E-state index is 0.0399. The number of ether oxygens (including phenoxy) is 4. The largest absolute Gasteiger partial charge is 0.493 e. The van der Waals surface area contributed by atoms with Gasteiger partial charge in [0.2, 0.25) is 0 Å². The summed E-state index contributed by atoms with van der Waals surface area (Å²) < 4.78 is 25.4. The molecule has 0 aliphatic carbocycles. The minimum Gasteiger partial charge on any atom is -0.493 e. The van der Waals surface area contributed by atoms with E-state index in [0.717, 1.165) is 60.2 Å². The predicted molar refractivity (Wildman–Crippen MR) is 108 cm³/mol. The summed E-state index contributed by atoms with van der Waals surface area (Å²) in [6.45, 7) is 3.05. The number of hydrogen-bond acceptors (Lipinski definition) is 6. The first kappa shape index (κ1) is 18.4. The van der Waals surface area contributed by atoms with Crippen molar-refractivity contribution in [3.8, 4) is 22.8 Å². The molecule has 0 saturated carbocycles. The summed E-state index contributed by atoms with van der Waals surface area (Å²) in [7, 11) is 0. The van der Waals surface area contributed by atoms with E-state index in [-0.39, 0.29) is 6.23 Å². The van der Waals surface area contributed by atoms with Gasteiger partial charge in [0.1, 0.15) is 23.8 Å². The maximum absolute atomic E-state index is 6.02. The average Bonchev–Trinajstić information content (AvgIpc) is 3.15. The predicted octanol–water partition coefficient (Wildman–Crippen LogP) is 3.98. The molecule has 1 atom stereocenters. The Kier molecular flexibility index (Phi) is 5.32. The summed E-state index contributed by atoms with van der Waals surface area (Å²) >= 11 is 0. The molecule has 2 aliphatic rings. The first-order valence-corrected chi connectivity index (χ1v) is 10.3. The van der Waals surface area contributed by atoms with Crippen molar-refractivity contribution < 1.29 is 18.9 Å². The zero-order chi connectivity index (χ0) is 19.5. The molecule has 0 amide bonds. The maximum atomic E-state index is 6.02. The van der Waals surface area contributed by atoms with Gasteiger partial charge in [0.15, 0.2) is 6.23 Å². The Balaban J connectivity index is 1.62. The third-order valence-electron chi connectivity index (χ3n) is 5.29. The van der Waals surface area contributed by atoms with Crippen molar-refractivity contribution in [2.45, 2.75) is 31.9 Å². The third-order valence-corrected chi connectivity index (χ3v) is 5.29. The molecule has 0 radical (unpaired) electrons. The van der Waals surface area contributed by atoms with E-state index in [1.54, 1.807) is 6.20 Å². The second-order valence-corrected chi connectivity index (χ2v) is 7.37. The second kappa shape index (κ2) is 8.39. The molecule has 152 valence electrons. The van der Waals surface area contributed by atoms with E-state index in [9.17, 15) is 0 Å². The van der Waals surface area contributed by atoms with Crippen molar-refractivity contribution in [1.82, 2.24) is 14.8 Å². The van der Waals surface area contributed by atoms with Gasteiger partial charge in [-0.2, -0.15) is 5.10 Å². The fourth-order valence-electron chi connectivity index (χ4n) is 3.86. The highest BCUT2D eigenvalue weighted by molar-refractivity contribution is 5.94. The lowest BCUT2D eigenvalue weighted by Gasteiger charge is -2.23. The molecule has 7 nitrogen and oxygen atoms in total. The number of hydrogen-bond donors (Lipinski definition) is 0. The first-order chi connectivity index (χ1) is 14.4. The van der Waals surface area contributed by atoms with E-state index in [1.807, 2.05) is 23.0 Å². The Bertz CT molecular complexity index is 981. The van der Waals surface area contributed by atoms with Crippen LogP contribution in [0.1, 0.15) is 31.9 Å². The van der Waals surface area contributed by atoms with Crippen molar-refractivity contribution in [1.29, 1.82) is 0 Å². The number of pyridine rings is 1. The zero-order valence-electron chi connectivity index (χ0n) is 16.4. The van der Waals surface area contributed by atoms with Crippen LogP contribution in [0.5, 0.6) is 11.5 Å². The van der Waals surface area contributed by atoms with Gasteiger partial charge >= 0.3 is 0 Å². The molecule has 5 rings (SSSR count). The van der Waals surface area contributed by atoms with Crippen molar-refractivity contribution in [3.63, 3.8) is 0 Å². The second-order valence-electron chi connectivity index (χ2n) is 7.37. The number of nitrogens with zero attached hydrogens (tertiary/aromatic N) is 3. The third kappa shape index (κ3) is 3.93. The van der Waals surface area contributed by atoms with Gasteiger partial charge in [-0.25, -0.2) is 4.68 Å². The van der Waals surface area contributed by atoms with Crippen LogP contribution in [0, 0.1) is 0 Å². The molecule has 1 saturated heterocycles. The standard InChI is InChI=1S/C22H25N3O4/c1-2-8-29-21(4-1)25-20-6-5-17-13-19(20)22(24-25)16-12-18(15-23-14-16)28-11-10-26-7-3-9-27-17/h5-6,12-15,21H,1-4,7-11H2. The van der Waals surface area contributed by atoms with Gasteiger partial charge in [-0.05, 0) is 43.5 Å². The van der Waals surface area contributed by atoms with E-state index >= 15 is 0 Å². The fraction of sp³-hybridized carbons (Fsp3) is 0.455. The Morgan fingerprint density at radius 2 is 1.83 bits per heavy atom. The topological polar surface area (TPSA) is 67.6 Å². The normalized spacial score (nSPS) is 20.5. The highest BCUT2D eigenvalue weighted by Gasteiger charge is 2.22. The number of rotatable bonds is 1. The maximum Gasteiger partial charge on any atom is 0.150 e. The molecular weight excluding hydrogens is 370 g/mol. The van der Waals surface area contributed by atoms with Crippen LogP contribution in [0.3, 0.4) is 0 Å². The van der Waals surface area contributed by atoms with E-state index in [1.165, 1.54) is 0 Å². The average molecular weight is 395 g/mol. The molecule has 0 spiro atoms. The number of benzene rings is 1. The van der Waals surface area contributed by atoms with Gasteiger partial charge in [-0.3, -0.25) is 4.98 Å². The molecule has 2 aromatic heterocycles. The van der Waals surface area contributed by atoms with Gasteiger partial charge in [0, 0.05) is 36.8 Å². The Morgan fingerprint density at radius 3 is 2.76 bits per heavy atom. The lowest BCUT2D eigenvalue weighted by atomic mass is 10.1. The molecule has 0 N–H and O–H groups in total. The van der Waals surface area contributed by atoms with Gasteiger partial charge in [-0.1, -0.05) is 0 Å². The summed E-state index contributed by atoms with van der Waals surface area (Å²) in [5.41, 5.74) is 2.82. The quantitative estimate of drug-likeness (QED) is 0.621. The van der Waals surface area contributed by atoms with Crippen LogP contribution in [0.15, 0.2) is 36.7 Å². The van der Waals surface area contributed by atoms with Gasteiger partial charge in [0.25, 0.3) is 0 Å². The van der Waals surface area contributed by atoms with Crippen LogP contribution >= 0.6 is 0 Å². The number of aromatic nitrogens is 3. The number of fused-ring (bicyclic) bond motifs is 4. The summed E-state index contributed by atoms with van der Waals surface area (Å²) in [6, 6.07) is 8.12. The molecule has 1 unspecified atom stereocenters. The van der Waals surface area contributed by atoms with Crippen LogP contribution < -0.4 is 9.47 Å². The van der Waals surface area contributed by atoms with E-state index in [2.05, 4.69) is 17.1 Å². The van der Waals surface area contributed by atoms with Crippen LogP contribution in [0.4, 0.5) is 0 Å².